The number of nitrogens with one attached hydrogen (secondary N) is 1. The molecule has 170 valence electrons. The van der Waals surface area contributed by atoms with E-state index in [0.29, 0.717) is 54.6 Å². The molecule has 2 saturated heterocycles. The molecular weight excluding hydrogens is 452 g/mol. The lowest BCUT2D eigenvalue weighted by Crippen LogP contribution is -2.47. The van der Waals surface area contributed by atoms with Crippen LogP contribution in [0.4, 0.5) is 4.39 Å². The minimum Gasteiger partial charge on any atom is -0.343 e. The number of rotatable bonds is 5. The molecule has 5 nitrogen and oxygen atoms in total. The Morgan fingerprint density at radius 1 is 1.03 bits per heavy atom. The lowest BCUT2D eigenvalue weighted by Gasteiger charge is -2.39. The molecule has 2 aromatic rings. The van der Waals surface area contributed by atoms with Gasteiger partial charge in [0.2, 0.25) is 5.91 Å². The number of nitrogens with zero attached hydrogens (tertiary/aromatic N) is 2. The van der Waals surface area contributed by atoms with Crippen LogP contribution < -0.4 is 5.32 Å². The summed E-state index contributed by atoms with van der Waals surface area (Å²) in [4.78, 5) is 29.0. The Hall–Kier alpha value is -2.15. The SMILES string of the molecule is O=C(NCC(=O)N1CCC(N2CCC(F)(c3ccccc3)CC2)C1)c1ccc(Cl)c(Cl)c1. The van der Waals surface area contributed by atoms with Crippen LogP contribution in [0.3, 0.4) is 0 Å². The second kappa shape index (κ2) is 9.77. The minimum atomic E-state index is -1.28. The molecule has 2 amide bonds. The molecule has 1 unspecified atom stereocenters. The van der Waals surface area contributed by atoms with Gasteiger partial charge < -0.3 is 10.2 Å². The first kappa shape index (κ1) is 23.0. The molecule has 0 aliphatic carbocycles. The van der Waals surface area contributed by atoms with Crippen LogP contribution in [0.15, 0.2) is 48.5 Å². The predicted octanol–water partition coefficient (Wildman–Crippen LogP) is 4.28. The molecule has 1 atom stereocenters. The fourth-order valence-electron chi connectivity index (χ4n) is 4.54. The molecule has 0 radical (unpaired) electrons. The molecule has 32 heavy (non-hydrogen) atoms. The van der Waals surface area contributed by atoms with E-state index in [4.69, 9.17) is 23.2 Å². The van der Waals surface area contributed by atoms with Crippen molar-refractivity contribution in [3.05, 3.63) is 69.7 Å². The van der Waals surface area contributed by atoms with E-state index in [1.807, 2.05) is 30.3 Å². The van der Waals surface area contributed by atoms with Crippen molar-refractivity contribution in [3.63, 3.8) is 0 Å². The zero-order valence-electron chi connectivity index (χ0n) is 17.7. The third-order valence-corrected chi connectivity index (χ3v) is 7.24. The monoisotopic (exact) mass is 477 g/mol. The van der Waals surface area contributed by atoms with Crippen molar-refractivity contribution in [1.29, 1.82) is 0 Å². The summed E-state index contributed by atoms with van der Waals surface area (Å²) in [6, 6.07) is 14.2. The van der Waals surface area contributed by atoms with Crippen molar-refractivity contribution >= 4 is 35.0 Å². The number of halogens is 3. The van der Waals surface area contributed by atoms with Gasteiger partial charge in [-0.2, -0.15) is 0 Å². The highest BCUT2D eigenvalue weighted by molar-refractivity contribution is 6.42. The van der Waals surface area contributed by atoms with Crippen LogP contribution in [-0.4, -0.2) is 60.4 Å². The van der Waals surface area contributed by atoms with Crippen LogP contribution >= 0.6 is 23.2 Å². The quantitative estimate of drug-likeness (QED) is 0.698. The summed E-state index contributed by atoms with van der Waals surface area (Å²) < 4.78 is 15.4. The molecule has 4 rings (SSSR count). The Labute approximate surface area is 197 Å². The summed E-state index contributed by atoms with van der Waals surface area (Å²) in [5, 5.41) is 3.31. The Morgan fingerprint density at radius 3 is 2.44 bits per heavy atom. The second-order valence-electron chi connectivity index (χ2n) is 8.46. The molecule has 8 heteroatoms. The van der Waals surface area contributed by atoms with Crippen molar-refractivity contribution in [2.45, 2.75) is 31.0 Å². The molecule has 2 aliphatic heterocycles. The van der Waals surface area contributed by atoms with E-state index in [1.54, 1.807) is 17.0 Å². The van der Waals surface area contributed by atoms with Gasteiger partial charge in [0.15, 0.2) is 0 Å². The third-order valence-electron chi connectivity index (χ3n) is 6.50. The van der Waals surface area contributed by atoms with E-state index in [2.05, 4.69) is 10.2 Å². The highest BCUT2D eigenvalue weighted by atomic mass is 35.5. The number of piperidine rings is 1. The van der Waals surface area contributed by atoms with Crippen LogP contribution in [0, 0.1) is 0 Å². The molecular formula is C24H26Cl2FN3O2. The highest BCUT2D eigenvalue weighted by Gasteiger charge is 2.39. The first-order valence-electron chi connectivity index (χ1n) is 10.9. The smallest absolute Gasteiger partial charge is 0.251 e. The Balaban J connectivity index is 1.25. The molecule has 0 spiro atoms. The highest BCUT2D eigenvalue weighted by Crippen LogP contribution is 2.38. The summed E-state index contributed by atoms with van der Waals surface area (Å²) in [5.74, 6) is -0.495. The van der Waals surface area contributed by atoms with E-state index >= 15 is 4.39 Å². The Morgan fingerprint density at radius 2 is 1.75 bits per heavy atom. The van der Waals surface area contributed by atoms with Gasteiger partial charge in [0.05, 0.1) is 16.6 Å². The van der Waals surface area contributed by atoms with E-state index in [1.165, 1.54) is 6.07 Å². The maximum Gasteiger partial charge on any atom is 0.251 e. The lowest BCUT2D eigenvalue weighted by molar-refractivity contribution is -0.129. The molecule has 1 N–H and O–H groups in total. The topological polar surface area (TPSA) is 52.7 Å². The number of amides is 2. The van der Waals surface area contributed by atoms with Crippen molar-refractivity contribution in [2.75, 3.05) is 32.7 Å². The van der Waals surface area contributed by atoms with Crippen LogP contribution in [-0.2, 0) is 10.5 Å². The summed E-state index contributed by atoms with van der Waals surface area (Å²) in [6.45, 7) is 2.51. The number of hydrogen-bond acceptors (Lipinski definition) is 3. The van der Waals surface area contributed by atoms with Crippen molar-refractivity contribution in [2.24, 2.45) is 0 Å². The average molecular weight is 478 g/mol. The van der Waals surface area contributed by atoms with Crippen molar-refractivity contribution in [3.8, 4) is 0 Å². The lowest BCUT2D eigenvalue weighted by atomic mass is 9.85. The van der Waals surface area contributed by atoms with Gasteiger partial charge in [0.25, 0.3) is 5.91 Å². The molecule has 0 aromatic heterocycles. The second-order valence-corrected chi connectivity index (χ2v) is 9.28. The maximum absolute atomic E-state index is 15.4. The number of alkyl halides is 1. The largest absolute Gasteiger partial charge is 0.343 e. The van der Waals surface area contributed by atoms with Gasteiger partial charge in [0.1, 0.15) is 5.67 Å². The van der Waals surface area contributed by atoms with Gasteiger partial charge in [-0.1, -0.05) is 53.5 Å². The number of carbonyl (C=O) groups is 2. The molecule has 2 aromatic carbocycles. The van der Waals surface area contributed by atoms with Crippen molar-refractivity contribution < 1.29 is 14.0 Å². The van der Waals surface area contributed by atoms with Crippen LogP contribution in [0.5, 0.6) is 0 Å². The summed E-state index contributed by atoms with van der Waals surface area (Å²) in [5.41, 5.74) is -0.172. The first-order valence-corrected chi connectivity index (χ1v) is 11.6. The zero-order chi connectivity index (χ0) is 22.7. The Kier molecular flexibility index (Phi) is 7.03. The number of benzene rings is 2. The van der Waals surface area contributed by atoms with Crippen LogP contribution in [0.25, 0.3) is 0 Å². The van der Waals surface area contributed by atoms with Crippen LogP contribution in [0.2, 0.25) is 10.0 Å². The van der Waals surface area contributed by atoms with E-state index in [9.17, 15) is 9.59 Å². The molecule has 0 bridgehead atoms. The predicted molar refractivity (Wildman–Crippen MR) is 124 cm³/mol. The first-order chi connectivity index (χ1) is 15.4. The minimum absolute atomic E-state index is 0.0760. The summed E-state index contributed by atoms with van der Waals surface area (Å²) in [6.07, 6.45) is 1.78. The third kappa shape index (κ3) is 5.08. The average Bonchev–Trinajstić information content (AvgIpc) is 3.30. The normalized spacial score (nSPS) is 20.8. The van der Waals surface area contributed by atoms with E-state index in [-0.39, 0.29) is 24.4 Å². The fraction of sp³-hybridized carbons (Fsp3) is 0.417. The standard InChI is InChI=1S/C24H26Cl2FN3O2/c25-20-7-6-17(14-21(20)26)23(32)28-15-22(31)30-11-8-19(16-30)29-12-9-24(27,10-13-29)18-4-2-1-3-5-18/h1-7,14,19H,8-13,15-16H2,(H,28,32). The summed E-state index contributed by atoms with van der Waals surface area (Å²) in [7, 11) is 0. The van der Waals surface area contributed by atoms with E-state index < -0.39 is 5.67 Å². The van der Waals surface area contributed by atoms with Gasteiger partial charge in [-0.25, -0.2) is 4.39 Å². The fourth-order valence-corrected chi connectivity index (χ4v) is 4.84. The molecule has 2 fully saturated rings. The zero-order valence-corrected chi connectivity index (χ0v) is 19.2. The Bertz CT molecular complexity index is 980. The summed E-state index contributed by atoms with van der Waals surface area (Å²) >= 11 is 11.8. The maximum atomic E-state index is 15.4. The molecule has 2 heterocycles. The number of carbonyl (C=O) groups excluding carboxylic acids is 2. The molecule has 0 saturated carbocycles. The van der Waals surface area contributed by atoms with Crippen LogP contribution in [0.1, 0.15) is 35.2 Å². The van der Waals surface area contributed by atoms with Gasteiger partial charge in [-0.3, -0.25) is 14.5 Å². The van der Waals surface area contributed by atoms with E-state index in [0.717, 1.165) is 12.0 Å². The molecule has 2 aliphatic rings. The van der Waals surface area contributed by atoms with Crippen molar-refractivity contribution in [1.82, 2.24) is 15.1 Å². The number of likely N-dealkylation sites (tertiary alicyclic amines) is 2. The number of hydrogen-bond donors (Lipinski definition) is 1. The van der Waals surface area contributed by atoms with Gasteiger partial charge >= 0.3 is 0 Å². The van der Waals surface area contributed by atoms with Gasteiger partial charge in [-0.15, -0.1) is 0 Å². The van der Waals surface area contributed by atoms with Gasteiger partial charge in [0, 0.05) is 37.8 Å². The van der Waals surface area contributed by atoms with Gasteiger partial charge in [-0.05, 0) is 43.0 Å².